The Bertz CT molecular complexity index is 113. The van der Waals surface area contributed by atoms with E-state index in [2.05, 4.69) is 23.9 Å². The minimum absolute atomic E-state index is 0.289. The second kappa shape index (κ2) is 4.40. The number of ether oxygens (including phenoxy) is 1. The van der Waals surface area contributed by atoms with Gasteiger partial charge >= 0.3 is 5.97 Å². The van der Waals surface area contributed by atoms with Crippen molar-refractivity contribution in [2.24, 2.45) is 0 Å². The molecule has 0 fully saturated rings. The van der Waals surface area contributed by atoms with Crippen LogP contribution in [0.5, 0.6) is 0 Å². The lowest BCUT2D eigenvalue weighted by Gasteiger charge is -2.05. The topological polar surface area (TPSA) is 46.5 Å². The highest BCUT2D eigenvalue weighted by Gasteiger charge is 2.03. The van der Waals surface area contributed by atoms with Gasteiger partial charge in [0.15, 0.2) is 5.44 Å². The van der Waals surface area contributed by atoms with Crippen LogP contribution >= 0.6 is 12.6 Å². The largest absolute Gasteiger partial charge is 0.446 e. The fourth-order valence-electron chi connectivity index (χ4n) is 0.219. The fraction of sp³-hybridized carbons (Fsp3) is 0.400. The van der Waals surface area contributed by atoms with Crippen molar-refractivity contribution in [3.8, 4) is 0 Å². The van der Waals surface area contributed by atoms with Gasteiger partial charge in [0.05, 0.1) is 6.61 Å². The van der Waals surface area contributed by atoms with E-state index in [9.17, 15) is 4.79 Å². The second-order valence-corrected chi connectivity index (χ2v) is 1.85. The van der Waals surface area contributed by atoms with Crippen molar-refractivity contribution >= 4 is 18.6 Å². The Labute approximate surface area is 58.7 Å². The lowest BCUT2D eigenvalue weighted by molar-refractivity contribution is -0.140. The Morgan fingerprint density at radius 3 is 2.89 bits per heavy atom. The zero-order valence-corrected chi connectivity index (χ0v) is 5.67. The summed E-state index contributed by atoms with van der Waals surface area (Å²) in [5.74, 6) is -0.580. The number of thiol groups is 1. The molecule has 52 valence electrons. The number of carbonyl (C=O) groups excluding carboxylic acids is 1. The molecule has 0 aliphatic rings. The SMILES string of the molecule is C=CC(=O)OC(S)CO. The van der Waals surface area contributed by atoms with Crippen molar-refractivity contribution < 1.29 is 14.6 Å². The molecule has 0 aromatic carbocycles. The van der Waals surface area contributed by atoms with Gasteiger partial charge in [-0.1, -0.05) is 6.58 Å². The van der Waals surface area contributed by atoms with Crippen LogP contribution in [-0.4, -0.2) is 23.1 Å². The van der Waals surface area contributed by atoms with Gasteiger partial charge < -0.3 is 9.84 Å². The van der Waals surface area contributed by atoms with Crippen LogP contribution in [-0.2, 0) is 9.53 Å². The summed E-state index contributed by atoms with van der Waals surface area (Å²) >= 11 is 3.68. The molecule has 0 aliphatic heterocycles. The Morgan fingerprint density at radius 1 is 2.00 bits per heavy atom. The first-order valence-corrected chi connectivity index (χ1v) is 2.84. The average molecular weight is 148 g/mol. The van der Waals surface area contributed by atoms with Gasteiger partial charge in [0.2, 0.25) is 0 Å². The number of esters is 1. The Morgan fingerprint density at radius 2 is 2.56 bits per heavy atom. The van der Waals surface area contributed by atoms with E-state index in [0.29, 0.717) is 0 Å². The number of rotatable bonds is 3. The number of aliphatic hydroxyl groups excluding tert-OH is 1. The first-order valence-electron chi connectivity index (χ1n) is 2.32. The molecule has 4 heteroatoms. The first-order chi connectivity index (χ1) is 4.20. The summed E-state index contributed by atoms with van der Waals surface area (Å²) in [7, 11) is 0. The van der Waals surface area contributed by atoms with Crippen molar-refractivity contribution in [2.45, 2.75) is 5.44 Å². The maximum atomic E-state index is 10.3. The Hall–Kier alpha value is -0.480. The van der Waals surface area contributed by atoms with Crippen LogP contribution in [0, 0.1) is 0 Å². The molecule has 9 heavy (non-hydrogen) atoms. The van der Waals surface area contributed by atoms with Gasteiger partial charge in [0.1, 0.15) is 0 Å². The monoisotopic (exact) mass is 148 g/mol. The standard InChI is InChI=1S/C5H8O3S/c1-2-4(7)8-5(9)3-6/h2,5-6,9H,1,3H2. The Balaban J connectivity index is 3.46. The average Bonchev–Trinajstić information content (AvgIpc) is 1.87. The molecule has 0 radical (unpaired) electrons. The van der Waals surface area contributed by atoms with Crippen LogP contribution in [0.4, 0.5) is 0 Å². The molecule has 0 aliphatic carbocycles. The second-order valence-electron chi connectivity index (χ2n) is 1.28. The molecule has 1 N–H and O–H groups in total. The zero-order valence-electron chi connectivity index (χ0n) is 4.78. The van der Waals surface area contributed by atoms with Gasteiger partial charge in [-0.25, -0.2) is 4.79 Å². The normalized spacial score (nSPS) is 12.2. The van der Waals surface area contributed by atoms with E-state index in [1.807, 2.05) is 0 Å². The van der Waals surface area contributed by atoms with E-state index in [1.54, 1.807) is 0 Å². The van der Waals surface area contributed by atoms with Crippen molar-refractivity contribution in [2.75, 3.05) is 6.61 Å². The maximum Gasteiger partial charge on any atom is 0.331 e. The van der Waals surface area contributed by atoms with E-state index >= 15 is 0 Å². The van der Waals surface area contributed by atoms with Gasteiger partial charge in [-0.2, -0.15) is 0 Å². The van der Waals surface area contributed by atoms with Crippen molar-refractivity contribution in [3.63, 3.8) is 0 Å². The molecule has 0 saturated heterocycles. The molecule has 0 spiro atoms. The summed E-state index contributed by atoms with van der Waals surface area (Å²) in [5, 5.41) is 8.29. The third-order valence-corrected chi connectivity index (χ3v) is 0.844. The molecule has 0 amide bonds. The van der Waals surface area contributed by atoms with Gasteiger partial charge in [0, 0.05) is 6.08 Å². The minimum Gasteiger partial charge on any atom is -0.446 e. The molecule has 0 aromatic rings. The van der Waals surface area contributed by atoms with Crippen molar-refractivity contribution in [3.05, 3.63) is 12.7 Å². The molecule has 0 saturated carbocycles. The third-order valence-electron chi connectivity index (χ3n) is 0.575. The highest BCUT2D eigenvalue weighted by molar-refractivity contribution is 7.80. The fourth-order valence-corrected chi connectivity index (χ4v) is 0.323. The van der Waals surface area contributed by atoms with E-state index in [0.717, 1.165) is 6.08 Å². The summed E-state index contributed by atoms with van der Waals surface area (Å²) in [6.45, 7) is 2.87. The van der Waals surface area contributed by atoms with Crippen LogP contribution in [0.2, 0.25) is 0 Å². The molecule has 1 unspecified atom stereocenters. The molecule has 0 heterocycles. The third kappa shape index (κ3) is 4.05. The first kappa shape index (κ1) is 8.52. The van der Waals surface area contributed by atoms with Crippen molar-refractivity contribution in [1.82, 2.24) is 0 Å². The number of hydrogen-bond donors (Lipinski definition) is 2. The zero-order chi connectivity index (χ0) is 7.28. The van der Waals surface area contributed by atoms with E-state index in [1.165, 1.54) is 0 Å². The number of aliphatic hydroxyl groups is 1. The van der Waals surface area contributed by atoms with Crippen LogP contribution in [0.3, 0.4) is 0 Å². The molecular weight excluding hydrogens is 140 g/mol. The summed E-state index contributed by atoms with van der Waals surface area (Å²) < 4.78 is 4.41. The van der Waals surface area contributed by atoms with E-state index < -0.39 is 11.4 Å². The summed E-state index contributed by atoms with van der Waals surface area (Å²) in [5.41, 5.74) is -0.740. The van der Waals surface area contributed by atoms with Crippen molar-refractivity contribution in [1.29, 1.82) is 0 Å². The summed E-state index contributed by atoms with van der Waals surface area (Å²) in [6, 6.07) is 0. The predicted molar refractivity (Wildman–Crippen MR) is 36.1 cm³/mol. The Kier molecular flexibility index (Phi) is 4.17. The highest BCUT2D eigenvalue weighted by atomic mass is 32.1. The van der Waals surface area contributed by atoms with Gasteiger partial charge in [-0.05, 0) is 0 Å². The number of hydrogen-bond acceptors (Lipinski definition) is 4. The van der Waals surface area contributed by atoms with Gasteiger partial charge in [0.25, 0.3) is 0 Å². The molecule has 0 rings (SSSR count). The molecule has 0 aromatic heterocycles. The lowest BCUT2D eigenvalue weighted by Crippen LogP contribution is -2.13. The van der Waals surface area contributed by atoms with E-state index in [4.69, 9.17) is 5.11 Å². The van der Waals surface area contributed by atoms with Crippen LogP contribution in [0.1, 0.15) is 0 Å². The molecule has 0 bridgehead atoms. The van der Waals surface area contributed by atoms with Gasteiger partial charge in [-0.15, -0.1) is 12.6 Å². The van der Waals surface area contributed by atoms with Crippen LogP contribution in [0.25, 0.3) is 0 Å². The van der Waals surface area contributed by atoms with Gasteiger partial charge in [-0.3, -0.25) is 0 Å². The molecular formula is C5H8O3S. The quantitative estimate of drug-likeness (QED) is 0.255. The summed E-state index contributed by atoms with van der Waals surface area (Å²) in [4.78, 5) is 10.3. The highest BCUT2D eigenvalue weighted by Crippen LogP contribution is 1.95. The van der Waals surface area contributed by atoms with Crippen LogP contribution < -0.4 is 0 Å². The minimum atomic E-state index is -0.740. The summed E-state index contributed by atoms with van der Waals surface area (Å²) in [6.07, 6.45) is 1.01. The lowest BCUT2D eigenvalue weighted by atomic mass is 10.6. The van der Waals surface area contributed by atoms with E-state index in [-0.39, 0.29) is 6.61 Å². The smallest absolute Gasteiger partial charge is 0.331 e. The molecule has 1 atom stereocenters. The van der Waals surface area contributed by atoms with Crippen LogP contribution in [0.15, 0.2) is 12.7 Å². The molecule has 3 nitrogen and oxygen atoms in total. The maximum absolute atomic E-state index is 10.3. The number of carbonyl (C=O) groups is 1. The predicted octanol–water partition coefficient (Wildman–Crippen LogP) is -0.0362.